The molecule has 3 rings (SSSR count). The quantitative estimate of drug-likeness (QED) is 0.908. The van der Waals surface area contributed by atoms with Gasteiger partial charge in [-0.1, -0.05) is 12.1 Å². The van der Waals surface area contributed by atoms with Crippen molar-refractivity contribution < 1.29 is 19.0 Å². The molecule has 1 N–H and O–H groups in total. The van der Waals surface area contributed by atoms with E-state index >= 15 is 0 Å². The normalized spacial score (nSPS) is 26.0. The minimum atomic E-state index is -0.338. The summed E-state index contributed by atoms with van der Waals surface area (Å²) < 4.78 is 17.3. The predicted octanol–water partition coefficient (Wildman–Crippen LogP) is 2.48. The van der Waals surface area contributed by atoms with Crippen LogP contribution < -0.4 is 10.1 Å². The molecule has 1 spiro atoms. The Morgan fingerprint density at radius 2 is 2.32 bits per heavy atom. The minimum absolute atomic E-state index is 0.0135. The van der Waals surface area contributed by atoms with Gasteiger partial charge in [-0.15, -0.1) is 0 Å². The van der Waals surface area contributed by atoms with E-state index in [2.05, 4.69) is 5.32 Å². The minimum Gasteiger partial charge on any atom is -0.494 e. The highest BCUT2D eigenvalue weighted by atomic mass is 16.6. The molecule has 0 unspecified atom stereocenters. The van der Waals surface area contributed by atoms with E-state index in [9.17, 15) is 4.79 Å². The number of rotatable bonds is 4. The summed E-state index contributed by atoms with van der Waals surface area (Å²) in [6.45, 7) is 9.49. The molecule has 6 heteroatoms. The molecule has 138 valence electrons. The van der Waals surface area contributed by atoms with Gasteiger partial charge in [0.15, 0.2) is 0 Å². The van der Waals surface area contributed by atoms with E-state index in [0.29, 0.717) is 39.5 Å². The molecule has 0 aliphatic carbocycles. The fraction of sp³-hybridized carbons (Fsp3) is 0.632. The molecule has 2 amide bonds. The van der Waals surface area contributed by atoms with Crippen LogP contribution in [0.4, 0.5) is 4.79 Å². The average Bonchev–Trinajstić information content (AvgIpc) is 3.00. The standard InChI is InChI=1S/C19H28N2O4/c1-4-24-17-9-14(2)5-6-16(17)10-20-18(22)21-11-15(3)25-19(12-21)7-8-23-13-19/h5-6,9,15H,4,7-8,10-13H2,1-3H3,(H,20,22)/t15-,19-/m0/s1. The van der Waals surface area contributed by atoms with Crippen molar-refractivity contribution in [1.29, 1.82) is 0 Å². The fourth-order valence-corrected chi connectivity index (χ4v) is 3.57. The molecule has 2 heterocycles. The smallest absolute Gasteiger partial charge is 0.317 e. The Morgan fingerprint density at radius 1 is 1.48 bits per heavy atom. The molecule has 2 fully saturated rings. The molecule has 1 aromatic carbocycles. The first kappa shape index (κ1) is 18.0. The lowest BCUT2D eigenvalue weighted by Gasteiger charge is -2.42. The lowest BCUT2D eigenvalue weighted by atomic mass is 9.99. The molecule has 2 aliphatic rings. The first-order chi connectivity index (χ1) is 12.0. The second kappa shape index (κ2) is 7.62. The summed E-state index contributed by atoms with van der Waals surface area (Å²) in [5.41, 5.74) is 1.79. The highest BCUT2D eigenvalue weighted by Crippen LogP contribution is 2.30. The Bertz CT molecular complexity index is 613. The molecule has 2 saturated heterocycles. The van der Waals surface area contributed by atoms with Gasteiger partial charge >= 0.3 is 6.03 Å². The van der Waals surface area contributed by atoms with E-state index in [1.165, 1.54) is 0 Å². The van der Waals surface area contributed by atoms with E-state index in [1.807, 2.05) is 43.9 Å². The fourth-order valence-electron chi connectivity index (χ4n) is 3.57. The number of hydrogen-bond acceptors (Lipinski definition) is 4. The van der Waals surface area contributed by atoms with E-state index in [4.69, 9.17) is 14.2 Å². The second-order valence-corrected chi connectivity index (χ2v) is 7.00. The molecular formula is C19H28N2O4. The first-order valence-corrected chi connectivity index (χ1v) is 9.02. The van der Waals surface area contributed by atoms with Gasteiger partial charge in [-0.25, -0.2) is 4.79 Å². The first-order valence-electron chi connectivity index (χ1n) is 9.02. The van der Waals surface area contributed by atoms with Gasteiger partial charge < -0.3 is 24.4 Å². The molecule has 6 nitrogen and oxygen atoms in total. The third-order valence-corrected chi connectivity index (χ3v) is 4.71. The van der Waals surface area contributed by atoms with Crippen LogP contribution in [-0.2, 0) is 16.0 Å². The van der Waals surface area contributed by atoms with Crippen LogP contribution in [0.2, 0.25) is 0 Å². The van der Waals surface area contributed by atoms with E-state index in [1.54, 1.807) is 0 Å². The van der Waals surface area contributed by atoms with Crippen LogP contribution in [0, 0.1) is 6.92 Å². The Balaban J connectivity index is 1.62. The topological polar surface area (TPSA) is 60.0 Å². The number of benzene rings is 1. The lowest BCUT2D eigenvalue weighted by Crippen LogP contribution is -2.58. The van der Waals surface area contributed by atoms with Crippen molar-refractivity contribution >= 4 is 6.03 Å². The van der Waals surface area contributed by atoms with Crippen LogP contribution in [0.5, 0.6) is 5.75 Å². The lowest BCUT2D eigenvalue weighted by molar-refractivity contribution is -0.137. The van der Waals surface area contributed by atoms with Crippen molar-refractivity contribution in [3.05, 3.63) is 29.3 Å². The summed E-state index contributed by atoms with van der Waals surface area (Å²) in [6.07, 6.45) is 0.854. The van der Waals surface area contributed by atoms with Crippen molar-refractivity contribution in [2.24, 2.45) is 0 Å². The van der Waals surface area contributed by atoms with Gasteiger partial charge in [0.1, 0.15) is 11.4 Å². The maximum atomic E-state index is 12.7. The second-order valence-electron chi connectivity index (χ2n) is 7.00. The summed E-state index contributed by atoms with van der Waals surface area (Å²) in [7, 11) is 0. The Kier molecular flexibility index (Phi) is 5.49. The van der Waals surface area contributed by atoms with Gasteiger partial charge in [0, 0.05) is 31.7 Å². The number of morpholine rings is 1. The van der Waals surface area contributed by atoms with E-state index in [0.717, 1.165) is 23.3 Å². The number of aryl methyl sites for hydroxylation is 1. The van der Waals surface area contributed by atoms with Gasteiger partial charge in [-0.3, -0.25) is 0 Å². The third kappa shape index (κ3) is 4.25. The largest absolute Gasteiger partial charge is 0.494 e. The number of hydrogen-bond donors (Lipinski definition) is 1. The zero-order valence-corrected chi connectivity index (χ0v) is 15.3. The van der Waals surface area contributed by atoms with Crippen molar-refractivity contribution in [2.45, 2.75) is 45.4 Å². The molecule has 0 bridgehead atoms. The molecule has 1 aromatic rings. The van der Waals surface area contributed by atoms with Crippen LogP contribution in [0.1, 0.15) is 31.4 Å². The van der Waals surface area contributed by atoms with E-state index < -0.39 is 0 Å². The zero-order valence-electron chi connectivity index (χ0n) is 15.3. The summed E-state index contributed by atoms with van der Waals surface area (Å²) in [4.78, 5) is 14.5. The van der Waals surface area contributed by atoms with Crippen molar-refractivity contribution in [3.63, 3.8) is 0 Å². The van der Waals surface area contributed by atoms with Crippen LogP contribution in [0.15, 0.2) is 18.2 Å². The Labute approximate surface area is 149 Å². The predicted molar refractivity (Wildman–Crippen MR) is 94.9 cm³/mol. The average molecular weight is 348 g/mol. The van der Waals surface area contributed by atoms with Crippen LogP contribution in [-0.4, -0.2) is 55.5 Å². The third-order valence-electron chi connectivity index (χ3n) is 4.71. The molecule has 2 aliphatic heterocycles. The van der Waals surface area contributed by atoms with Gasteiger partial charge in [-0.2, -0.15) is 0 Å². The van der Waals surface area contributed by atoms with Crippen molar-refractivity contribution in [1.82, 2.24) is 10.2 Å². The molecular weight excluding hydrogens is 320 g/mol. The Hall–Kier alpha value is -1.79. The van der Waals surface area contributed by atoms with Gasteiger partial charge in [0.25, 0.3) is 0 Å². The van der Waals surface area contributed by atoms with Gasteiger partial charge in [0.2, 0.25) is 0 Å². The number of amides is 2. The van der Waals surface area contributed by atoms with Crippen LogP contribution in [0.25, 0.3) is 0 Å². The van der Waals surface area contributed by atoms with Crippen LogP contribution in [0.3, 0.4) is 0 Å². The Morgan fingerprint density at radius 3 is 3.04 bits per heavy atom. The number of carbonyl (C=O) groups excluding carboxylic acids is 1. The number of nitrogens with one attached hydrogen (secondary N) is 1. The van der Waals surface area contributed by atoms with Gasteiger partial charge in [-0.05, 0) is 32.4 Å². The number of urea groups is 1. The number of ether oxygens (including phenoxy) is 3. The molecule has 2 atom stereocenters. The molecule has 25 heavy (non-hydrogen) atoms. The summed E-state index contributed by atoms with van der Waals surface area (Å²) >= 11 is 0. The zero-order chi connectivity index (χ0) is 17.9. The number of carbonyl (C=O) groups is 1. The van der Waals surface area contributed by atoms with Crippen molar-refractivity contribution in [2.75, 3.05) is 32.9 Å². The molecule has 0 aromatic heterocycles. The van der Waals surface area contributed by atoms with E-state index in [-0.39, 0.29) is 17.7 Å². The highest BCUT2D eigenvalue weighted by molar-refractivity contribution is 5.74. The van der Waals surface area contributed by atoms with Gasteiger partial charge in [0.05, 0.1) is 25.9 Å². The SMILES string of the molecule is CCOc1cc(C)ccc1CNC(=O)N1C[C@H](C)O[C@@]2(CCOC2)C1. The molecule has 0 radical (unpaired) electrons. The highest BCUT2D eigenvalue weighted by Gasteiger charge is 2.44. The summed E-state index contributed by atoms with van der Waals surface area (Å²) in [5.74, 6) is 0.832. The maximum Gasteiger partial charge on any atom is 0.317 e. The van der Waals surface area contributed by atoms with Crippen LogP contribution >= 0.6 is 0 Å². The molecule has 0 saturated carbocycles. The monoisotopic (exact) mass is 348 g/mol. The number of nitrogens with zero attached hydrogens (tertiary/aromatic N) is 1. The summed E-state index contributed by atoms with van der Waals surface area (Å²) in [5, 5.41) is 3.02. The summed E-state index contributed by atoms with van der Waals surface area (Å²) in [6, 6.07) is 5.98. The maximum absolute atomic E-state index is 12.7. The van der Waals surface area contributed by atoms with Crippen molar-refractivity contribution in [3.8, 4) is 5.75 Å².